The van der Waals surface area contributed by atoms with Gasteiger partial charge in [0.15, 0.2) is 0 Å². The third-order valence-corrected chi connectivity index (χ3v) is 6.19. The first-order valence-electron chi connectivity index (χ1n) is 8.85. The predicted molar refractivity (Wildman–Crippen MR) is 95.8 cm³/mol. The van der Waals surface area contributed by atoms with Crippen molar-refractivity contribution >= 4 is 23.2 Å². The first-order valence-corrected chi connectivity index (χ1v) is 9.73. The van der Waals surface area contributed by atoms with Gasteiger partial charge in [-0.3, -0.25) is 14.7 Å². The summed E-state index contributed by atoms with van der Waals surface area (Å²) >= 11 is 1.75. The van der Waals surface area contributed by atoms with E-state index in [0.717, 1.165) is 31.2 Å². The van der Waals surface area contributed by atoms with Crippen molar-refractivity contribution in [3.63, 3.8) is 0 Å². The van der Waals surface area contributed by atoms with Gasteiger partial charge in [0.1, 0.15) is 5.69 Å². The summed E-state index contributed by atoms with van der Waals surface area (Å²) in [6.45, 7) is 3.13. The molecule has 2 amide bonds. The first kappa shape index (κ1) is 16.3. The van der Waals surface area contributed by atoms with Crippen molar-refractivity contribution in [1.82, 2.24) is 20.4 Å². The fourth-order valence-corrected chi connectivity index (χ4v) is 4.71. The smallest absolute Gasteiger partial charge is 0.272 e. The molecular weight excluding hydrogens is 336 g/mol. The molecule has 25 heavy (non-hydrogen) atoms. The Balaban J connectivity index is 1.33. The van der Waals surface area contributed by atoms with Crippen LogP contribution in [0, 0.1) is 0 Å². The Morgan fingerprint density at radius 3 is 3.08 bits per heavy atom. The molecule has 1 atom stereocenters. The van der Waals surface area contributed by atoms with Crippen LogP contribution in [0.4, 0.5) is 0 Å². The maximum atomic E-state index is 12.6. The summed E-state index contributed by atoms with van der Waals surface area (Å²) in [6.07, 6.45) is 5.55. The number of amides is 2. The highest BCUT2D eigenvalue weighted by atomic mass is 32.1. The van der Waals surface area contributed by atoms with E-state index in [1.165, 1.54) is 10.4 Å². The number of fused-ring (bicyclic) bond motifs is 1. The van der Waals surface area contributed by atoms with Gasteiger partial charge < -0.3 is 10.2 Å². The van der Waals surface area contributed by atoms with E-state index in [9.17, 15) is 9.59 Å². The fraction of sp³-hybridized carbons (Fsp3) is 0.500. The molecule has 132 valence electrons. The van der Waals surface area contributed by atoms with Crippen molar-refractivity contribution in [2.45, 2.75) is 44.6 Å². The van der Waals surface area contributed by atoms with Crippen molar-refractivity contribution in [2.75, 3.05) is 13.1 Å². The number of carbonyl (C=O) groups is 2. The zero-order valence-electron chi connectivity index (χ0n) is 14.2. The number of aromatic amines is 1. The van der Waals surface area contributed by atoms with Gasteiger partial charge in [0.25, 0.3) is 5.91 Å². The summed E-state index contributed by atoms with van der Waals surface area (Å²) in [4.78, 5) is 28.2. The molecule has 0 aromatic carbocycles. The molecule has 4 rings (SSSR count). The van der Waals surface area contributed by atoms with E-state index in [1.54, 1.807) is 22.4 Å². The van der Waals surface area contributed by atoms with Gasteiger partial charge in [0.2, 0.25) is 5.91 Å². The largest absolute Gasteiger partial charge is 0.349 e. The zero-order valence-corrected chi connectivity index (χ0v) is 15.1. The number of rotatable bonds is 4. The quantitative estimate of drug-likeness (QED) is 0.878. The summed E-state index contributed by atoms with van der Waals surface area (Å²) in [5, 5.41) is 12.0. The molecule has 0 bridgehead atoms. The third-order valence-electron chi connectivity index (χ3n) is 5.20. The summed E-state index contributed by atoms with van der Waals surface area (Å²) < 4.78 is 0. The van der Waals surface area contributed by atoms with E-state index < -0.39 is 0 Å². The fourth-order valence-electron chi connectivity index (χ4n) is 3.72. The molecule has 3 heterocycles. The molecule has 1 fully saturated rings. The van der Waals surface area contributed by atoms with Crippen LogP contribution in [0.2, 0.25) is 0 Å². The summed E-state index contributed by atoms with van der Waals surface area (Å²) in [5.41, 5.74) is 2.71. The standard InChI is InChI=1S/C18H22N4O2S/c1-2-11-8-19-21-16(11)18(24)22-9-12(10-22)20-17(23)14-4-3-5-15-13(14)6-7-25-15/h6-8,12,14H,2-5,9-10H2,1H3,(H,19,21)(H,20,23). The topological polar surface area (TPSA) is 78.1 Å². The minimum Gasteiger partial charge on any atom is -0.349 e. The normalized spacial score (nSPS) is 20.0. The molecule has 1 saturated heterocycles. The number of hydrogen-bond donors (Lipinski definition) is 2. The van der Waals surface area contributed by atoms with Crippen LogP contribution in [-0.2, 0) is 17.6 Å². The Morgan fingerprint density at radius 2 is 2.28 bits per heavy atom. The minimum atomic E-state index is -0.0300. The lowest BCUT2D eigenvalue weighted by molar-refractivity contribution is -0.124. The number of nitrogens with zero attached hydrogens (tertiary/aromatic N) is 2. The molecule has 1 aliphatic heterocycles. The van der Waals surface area contributed by atoms with Gasteiger partial charge in [-0.05, 0) is 42.7 Å². The van der Waals surface area contributed by atoms with Gasteiger partial charge in [0.05, 0.1) is 18.2 Å². The van der Waals surface area contributed by atoms with Crippen LogP contribution >= 0.6 is 11.3 Å². The Bertz CT molecular complexity index is 791. The lowest BCUT2D eigenvalue weighted by Gasteiger charge is -2.40. The highest BCUT2D eigenvalue weighted by Crippen LogP contribution is 2.35. The van der Waals surface area contributed by atoms with Crippen molar-refractivity contribution < 1.29 is 9.59 Å². The number of likely N-dealkylation sites (tertiary alicyclic amines) is 1. The van der Waals surface area contributed by atoms with E-state index in [2.05, 4.69) is 27.0 Å². The molecule has 2 N–H and O–H groups in total. The molecule has 2 aromatic heterocycles. The molecule has 0 radical (unpaired) electrons. The van der Waals surface area contributed by atoms with Crippen LogP contribution in [0.1, 0.15) is 52.2 Å². The van der Waals surface area contributed by atoms with Gasteiger partial charge in [-0.15, -0.1) is 11.3 Å². The Labute approximate surface area is 150 Å². The van der Waals surface area contributed by atoms with Gasteiger partial charge in [-0.2, -0.15) is 5.10 Å². The van der Waals surface area contributed by atoms with Crippen LogP contribution in [0.3, 0.4) is 0 Å². The SMILES string of the molecule is CCc1cn[nH]c1C(=O)N1CC(NC(=O)C2CCCc3sccc32)C1. The van der Waals surface area contributed by atoms with Crippen molar-refractivity contribution in [2.24, 2.45) is 0 Å². The van der Waals surface area contributed by atoms with Gasteiger partial charge >= 0.3 is 0 Å². The lowest BCUT2D eigenvalue weighted by atomic mass is 9.87. The highest BCUT2D eigenvalue weighted by molar-refractivity contribution is 7.10. The maximum Gasteiger partial charge on any atom is 0.272 e. The number of carbonyl (C=O) groups excluding carboxylic acids is 2. The highest BCUT2D eigenvalue weighted by Gasteiger charge is 2.36. The Kier molecular flexibility index (Phi) is 4.33. The van der Waals surface area contributed by atoms with Crippen molar-refractivity contribution in [3.8, 4) is 0 Å². The lowest BCUT2D eigenvalue weighted by Crippen LogP contribution is -2.61. The Hall–Kier alpha value is -2.15. The average molecular weight is 358 g/mol. The van der Waals surface area contributed by atoms with Gasteiger partial charge in [-0.25, -0.2) is 0 Å². The number of aromatic nitrogens is 2. The molecule has 1 aliphatic carbocycles. The van der Waals surface area contributed by atoms with Crippen LogP contribution < -0.4 is 5.32 Å². The number of aryl methyl sites for hydroxylation is 2. The number of nitrogens with one attached hydrogen (secondary N) is 2. The monoisotopic (exact) mass is 358 g/mol. The van der Waals surface area contributed by atoms with E-state index in [-0.39, 0.29) is 23.8 Å². The summed E-state index contributed by atoms with van der Waals surface area (Å²) in [7, 11) is 0. The third kappa shape index (κ3) is 2.97. The van der Waals surface area contributed by atoms with E-state index in [0.29, 0.717) is 18.8 Å². The van der Waals surface area contributed by atoms with Crippen LogP contribution in [0.25, 0.3) is 0 Å². The number of hydrogen-bond acceptors (Lipinski definition) is 4. The predicted octanol–water partition coefficient (Wildman–Crippen LogP) is 2.09. The first-order chi connectivity index (χ1) is 12.2. The molecule has 0 saturated carbocycles. The average Bonchev–Trinajstić information content (AvgIpc) is 3.24. The zero-order chi connectivity index (χ0) is 17.4. The second-order valence-corrected chi connectivity index (χ2v) is 7.78. The summed E-state index contributed by atoms with van der Waals surface area (Å²) in [5.74, 6) is 0.0453. The van der Waals surface area contributed by atoms with Crippen LogP contribution in [0.15, 0.2) is 17.6 Å². The molecule has 1 unspecified atom stereocenters. The number of H-pyrrole nitrogens is 1. The van der Waals surface area contributed by atoms with E-state index >= 15 is 0 Å². The second kappa shape index (κ2) is 6.63. The molecule has 2 aromatic rings. The maximum absolute atomic E-state index is 12.6. The van der Waals surface area contributed by atoms with Crippen LogP contribution in [-0.4, -0.2) is 46.0 Å². The van der Waals surface area contributed by atoms with E-state index in [4.69, 9.17) is 0 Å². The van der Waals surface area contributed by atoms with E-state index in [1.807, 2.05) is 6.92 Å². The minimum absolute atomic E-state index is 0.0287. The van der Waals surface area contributed by atoms with Crippen LogP contribution in [0.5, 0.6) is 0 Å². The second-order valence-electron chi connectivity index (χ2n) is 6.78. The molecule has 7 heteroatoms. The molecule has 2 aliphatic rings. The van der Waals surface area contributed by atoms with Crippen molar-refractivity contribution in [3.05, 3.63) is 39.3 Å². The Morgan fingerprint density at radius 1 is 1.44 bits per heavy atom. The van der Waals surface area contributed by atoms with Gasteiger partial charge in [0, 0.05) is 23.5 Å². The number of thiophene rings is 1. The molecular formula is C18H22N4O2S. The van der Waals surface area contributed by atoms with Crippen molar-refractivity contribution in [1.29, 1.82) is 0 Å². The summed E-state index contributed by atoms with van der Waals surface area (Å²) in [6, 6.07) is 2.14. The molecule has 6 nitrogen and oxygen atoms in total. The molecule has 0 spiro atoms. The van der Waals surface area contributed by atoms with Gasteiger partial charge in [-0.1, -0.05) is 6.92 Å².